The number of nitrogens with one attached hydrogen (secondary N) is 3. The van der Waals surface area contributed by atoms with Crippen molar-refractivity contribution in [2.45, 2.75) is 32.0 Å². The van der Waals surface area contributed by atoms with E-state index in [1.54, 1.807) is 36.4 Å². The lowest BCUT2D eigenvalue weighted by Gasteiger charge is -2.20. The summed E-state index contributed by atoms with van der Waals surface area (Å²) in [5.41, 5.74) is 1.71. The third-order valence-corrected chi connectivity index (χ3v) is 7.22. The van der Waals surface area contributed by atoms with Crippen LogP contribution in [0.25, 0.3) is 22.2 Å². The Morgan fingerprint density at radius 2 is 1.61 bits per heavy atom. The van der Waals surface area contributed by atoms with Gasteiger partial charge in [0, 0.05) is 35.7 Å². The van der Waals surface area contributed by atoms with E-state index in [9.17, 15) is 27.6 Å². The Labute approximate surface area is 263 Å². The van der Waals surface area contributed by atoms with Crippen LogP contribution in [0.2, 0.25) is 0 Å². The third kappa shape index (κ3) is 7.73. The van der Waals surface area contributed by atoms with Gasteiger partial charge in [0.2, 0.25) is 5.91 Å². The number of amides is 3. The minimum Gasteiger partial charge on any atom is -0.354 e. The zero-order valence-corrected chi connectivity index (χ0v) is 24.8. The Kier molecular flexibility index (Phi) is 9.70. The molecule has 3 aromatic carbocycles. The lowest BCUT2D eigenvalue weighted by atomic mass is 10.0. The summed E-state index contributed by atoms with van der Waals surface area (Å²) in [6.45, 7) is 2.16. The molecule has 2 heterocycles. The first kappa shape index (κ1) is 31.8. The predicted octanol–water partition coefficient (Wildman–Crippen LogP) is 6.96. The molecule has 0 spiro atoms. The minimum absolute atomic E-state index is 0.0864. The number of hydrogen-bond acceptors (Lipinski definition) is 5. The summed E-state index contributed by atoms with van der Waals surface area (Å²) in [6, 6.07) is 24.7. The molecule has 0 saturated heterocycles. The summed E-state index contributed by atoms with van der Waals surface area (Å²) in [5, 5.41) is 9.27. The molecular weight excluding hydrogens is 595 g/mol. The quantitative estimate of drug-likeness (QED) is 0.155. The Morgan fingerprint density at radius 1 is 0.848 bits per heavy atom. The Morgan fingerprint density at radius 3 is 2.33 bits per heavy atom. The average Bonchev–Trinajstić information content (AvgIpc) is 3.06. The molecule has 3 N–H and O–H groups in total. The van der Waals surface area contributed by atoms with Crippen LogP contribution in [-0.2, 0) is 11.0 Å². The fourth-order valence-corrected chi connectivity index (χ4v) is 4.87. The number of aromatic nitrogens is 2. The van der Waals surface area contributed by atoms with E-state index in [-0.39, 0.29) is 35.4 Å². The van der Waals surface area contributed by atoms with Gasteiger partial charge in [-0.05, 0) is 66.6 Å². The van der Waals surface area contributed by atoms with Crippen LogP contribution in [0.15, 0.2) is 103 Å². The van der Waals surface area contributed by atoms with Gasteiger partial charge < -0.3 is 16.0 Å². The Hall–Kier alpha value is -5.58. The number of alkyl halides is 3. The first-order valence-electron chi connectivity index (χ1n) is 14.6. The Balaban J connectivity index is 1.31. The smallest absolute Gasteiger partial charge is 0.354 e. The van der Waals surface area contributed by atoms with Gasteiger partial charge in [-0.1, -0.05) is 49.4 Å². The molecular formula is C35H30F3N5O3. The third-order valence-electron chi connectivity index (χ3n) is 7.22. The van der Waals surface area contributed by atoms with E-state index in [2.05, 4.69) is 25.9 Å². The first-order valence-corrected chi connectivity index (χ1v) is 14.6. The van der Waals surface area contributed by atoms with E-state index >= 15 is 0 Å². The molecule has 1 atom stereocenters. The number of nitrogens with zero attached hydrogens (tertiary/aromatic N) is 2. The standard InChI is InChI=1S/C35H30F3N5O3/c1-2-7-31(44)40-21-29(22-8-4-3-5-9-22)42-33(45)25-13-17-28-24(20-25)14-18-30(41-28)43-34(46)27-10-6-19-39-32(27)23-11-15-26(16-12-23)35(36,37)38/h3-6,8-20,29H,2,7,21H2,1H3,(H,40,44)(H,42,45)(H,41,43,46)/t29-/m1/s1. The number of pyridine rings is 2. The van der Waals surface area contributed by atoms with Crippen LogP contribution in [0, 0.1) is 0 Å². The van der Waals surface area contributed by atoms with Crippen LogP contribution in [0.5, 0.6) is 0 Å². The molecule has 0 aliphatic heterocycles. The molecule has 8 nitrogen and oxygen atoms in total. The summed E-state index contributed by atoms with van der Waals surface area (Å²) >= 11 is 0. The van der Waals surface area contributed by atoms with Gasteiger partial charge in [-0.2, -0.15) is 13.2 Å². The monoisotopic (exact) mass is 625 g/mol. The second-order valence-electron chi connectivity index (χ2n) is 10.5. The number of halogens is 3. The van der Waals surface area contributed by atoms with Gasteiger partial charge in [0.1, 0.15) is 5.82 Å². The molecule has 0 aliphatic carbocycles. The molecule has 5 aromatic rings. The number of rotatable bonds is 10. The average molecular weight is 626 g/mol. The zero-order chi connectivity index (χ0) is 32.7. The highest BCUT2D eigenvalue weighted by Gasteiger charge is 2.30. The van der Waals surface area contributed by atoms with E-state index in [4.69, 9.17) is 0 Å². The number of fused-ring (bicyclic) bond motifs is 1. The van der Waals surface area contributed by atoms with Crippen LogP contribution >= 0.6 is 0 Å². The van der Waals surface area contributed by atoms with Crippen molar-refractivity contribution in [3.63, 3.8) is 0 Å². The molecule has 0 aliphatic rings. The summed E-state index contributed by atoms with van der Waals surface area (Å²) < 4.78 is 39.0. The summed E-state index contributed by atoms with van der Waals surface area (Å²) in [4.78, 5) is 47.3. The van der Waals surface area contributed by atoms with Gasteiger partial charge in [0.25, 0.3) is 11.8 Å². The number of hydrogen-bond donors (Lipinski definition) is 3. The summed E-state index contributed by atoms with van der Waals surface area (Å²) in [6.07, 6.45) is -1.90. The molecule has 11 heteroatoms. The van der Waals surface area contributed by atoms with Crippen LogP contribution < -0.4 is 16.0 Å². The largest absolute Gasteiger partial charge is 0.416 e. The van der Waals surface area contributed by atoms with Gasteiger partial charge in [-0.3, -0.25) is 19.4 Å². The molecule has 3 amide bonds. The summed E-state index contributed by atoms with van der Waals surface area (Å²) in [7, 11) is 0. The van der Waals surface area contributed by atoms with Crippen molar-refractivity contribution < 1.29 is 27.6 Å². The van der Waals surface area contributed by atoms with Crippen molar-refractivity contribution in [2.24, 2.45) is 0 Å². The summed E-state index contributed by atoms with van der Waals surface area (Å²) in [5.74, 6) is -0.713. The number of carbonyl (C=O) groups excluding carboxylic acids is 3. The van der Waals surface area contributed by atoms with Crippen molar-refractivity contribution in [1.29, 1.82) is 0 Å². The van der Waals surface area contributed by atoms with Gasteiger partial charge in [0.15, 0.2) is 0 Å². The van der Waals surface area contributed by atoms with Gasteiger partial charge in [0.05, 0.1) is 28.4 Å². The molecule has 0 bridgehead atoms. The molecule has 0 fully saturated rings. The maximum Gasteiger partial charge on any atom is 0.416 e. The van der Waals surface area contributed by atoms with E-state index in [1.165, 1.54) is 24.4 Å². The van der Waals surface area contributed by atoms with Crippen molar-refractivity contribution in [1.82, 2.24) is 20.6 Å². The first-order chi connectivity index (χ1) is 22.1. The SMILES string of the molecule is CCCC(=O)NC[C@@H](NC(=O)c1ccc2nc(NC(=O)c3cccnc3-c3ccc(C(F)(F)F)cc3)ccc2c1)c1ccccc1. The zero-order valence-electron chi connectivity index (χ0n) is 24.8. The molecule has 2 aromatic heterocycles. The molecule has 0 saturated carbocycles. The minimum atomic E-state index is -4.48. The normalized spacial score (nSPS) is 11.9. The van der Waals surface area contributed by atoms with Crippen LogP contribution in [0.3, 0.4) is 0 Å². The molecule has 46 heavy (non-hydrogen) atoms. The van der Waals surface area contributed by atoms with Crippen LogP contribution in [-0.4, -0.2) is 34.2 Å². The second kappa shape index (κ2) is 14.0. The fraction of sp³-hybridized carbons (Fsp3) is 0.171. The number of anilines is 1. The van der Waals surface area contributed by atoms with Gasteiger partial charge in [-0.15, -0.1) is 0 Å². The van der Waals surface area contributed by atoms with Crippen molar-refractivity contribution in [3.8, 4) is 11.3 Å². The van der Waals surface area contributed by atoms with Gasteiger partial charge in [-0.25, -0.2) is 4.98 Å². The van der Waals surface area contributed by atoms with Crippen molar-refractivity contribution >= 4 is 34.4 Å². The van der Waals surface area contributed by atoms with E-state index < -0.39 is 23.7 Å². The predicted molar refractivity (Wildman–Crippen MR) is 169 cm³/mol. The highest BCUT2D eigenvalue weighted by molar-refractivity contribution is 6.08. The van der Waals surface area contributed by atoms with E-state index in [0.717, 1.165) is 24.1 Å². The van der Waals surface area contributed by atoms with Gasteiger partial charge >= 0.3 is 6.18 Å². The van der Waals surface area contributed by atoms with Crippen LogP contribution in [0.4, 0.5) is 19.0 Å². The maximum absolute atomic E-state index is 13.3. The van der Waals surface area contributed by atoms with Crippen molar-refractivity contribution in [3.05, 3.63) is 126 Å². The lowest BCUT2D eigenvalue weighted by molar-refractivity contribution is -0.137. The Bertz CT molecular complexity index is 1860. The molecule has 0 unspecified atom stereocenters. The van der Waals surface area contributed by atoms with E-state index in [1.807, 2.05) is 37.3 Å². The lowest BCUT2D eigenvalue weighted by Crippen LogP contribution is -2.37. The maximum atomic E-state index is 13.3. The highest BCUT2D eigenvalue weighted by atomic mass is 19.4. The number of carbonyl (C=O) groups is 3. The van der Waals surface area contributed by atoms with Crippen molar-refractivity contribution in [2.75, 3.05) is 11.9 Å². The highest BCUT2D eigenvalue weighted by Crippen LogP contribution is 2.31. The molecule has 0 radical (unpaired) electrons. The molecule has 5 rings (SSSR count). The second-order valence-corrected chi connectivity index (χ2v) is 10.5. The number of benzene rings is 3. The fourth-order valence-electron chi connectivity index (χ4n) is 4.87. The van der Waals surface area contributed by atoms with E-state index in [0.29, 0.717) is 28.5 Å². The molecule has 234 valence electrons. The van der Waals surface area contributed by atoms with Crippen LogP contribution in [0.1, 0.15) is 57.7 Å². The topological polar surface area (TPSA) is 113 Å².